The number of carbonyl (C=O) groups is 2. The molecule has 1 heterocycles. The minimum atomic E-state index is -0.842. The van der Waals surface area contributed by atoms with E-state index in [1.54, 1.807) is 29.9 Å². The lowest BCUT2D eigenvalue weighted by Crippen LogP contribution is -2.21. The lowest BCUT2D eigenvalue weighted by Gasteiger charge is -2.08. The number of hydrogen-bond acceptors (Lipinski definition) is 3. The number of rotatable bonds is 7. The van der Waals surface area contributed by atoms with E-state index in [2.05, 4.69) is 22.7 Å². The van der Waals surface area contributed by atoms with Crippen molar-refractivity contribution in [2.75, 3.05) is 10.6 Å². The number of urea groups is 1. The maximum atomic E-state index is 12.1. The van der Waals surface area contributed by atoms with E-state index in [0.717, 1.165) is 24.1 Å². The van der Waals surface area contributed by atoms with Crippen LogP contribution >= 0.6 is 0 Å². The van der Waals surface area contributed by atoms with Crippen molar-refractivity contribution < 1.29 is 14.7 Å². The quantitative estimate of drug-likeness (QED) is 0.727. The average Bonchev–Trinajstić information content (AvgIpc) is 2.85. The van der Waals surface area contributed by atoms with Crippen LogP contribution in [0.4, 0.5) is 16.3 Å². The highest BCUT2D eigenvalue weighted by Gasteiger charge is 2.09. The van der Waals surface area contributed by atoms with Crippen LogP contribution in [0.25, 0.3) is 0 Å². The van der Waals surface area contributed by atoms with Crippen LogP contribution < -0.4 is 10.6 Å². The van der Waals surface area contributed by atoms with Gasteiger partial charge in [-0.1, -0.05) is 25.5 Å². The number of aliphatic carboxylic acids is 1. The van der Waals surface area contributed by atoms with Crippen LogP contribution in [0.1, 0.15) is 31.0 Å². The molecule has 7 heteroatoms. The Labute approximate surface area is 140 Å². The maximum Gasteiger partial charge on any atom is 0.324 e. The minimum absolute atomic E-state index is 0.0604. The van der Waals surface area contributed by atoms with Gasteiger partial charge in [0.05, 0.1) is 5.69 Å². The molecule has 0 aliphatic carbocycles. The molecule has 0 unspecified atom stereocenters. The van der Waals surface area contributed by atoms with Crippen LogP contribution in [-0.2, 0) is 24.7 Å². The largest absolute Gasteiger partial charge is 0.481 e. The van der Waals surface area contributed by atoms with E-state index in [0.29, 0.717) is 17.9 Å². The van der Waals surface area contributed by atoms with E-state index in [9.17, 15) is 9.59 Å². The Balaban J connectivity index is 1.97. The summed E-state index contributed by atoms with van der Waals surface area (Å²) in [5.41, 5.74) is 2.42. The third kappa shape index (κ3) is 5.12. The van der Waals surface area contributed by atoms with Gasteiger partial charge in [-0.15, -0.1) is 0 Å². The normalized spacial score (nSPS) is 10.4. The highest BCUT2D eigenvalue weighted by Crippen LogP contribution is 2.14. The van der Waals surface area contributed by atoms with Crippen molar-refractivity contribution in [2.24, 2.45) is 7.05 Å². The molecule has 0 atom stereocenters. The fourth-order valence-electron chi connectivity index (χ4n) is 2.36. The van der Waals surface area contributed by atoms with Crippen molar-refractivity contribution in [3.63, 3.8) is 0 Å². The molecule has 0 spiro atoms. The van der Waals surface area contributed by atoms with Crippen molar-refractivity contribution in [2.45, 2.75) is 32.6 Å². The van der Waals surface area contributed by atoms with Gasteiger partial charge in [-0.25, -0.2) is 4.79 Å². The van der Waals surface area contributed by atoms with Crippen LogP contribution in [-0.4, -0.2) is 26.9 Å². The zero-order valence-corrected chi connectivity index (χ0v) is 13.9. The van der Waals surface area contributed by atoms with E-state index >= 15 is 0 Å². The zero-order chi connectivity index (χ0) is 17.5. The minimum Gasteiger partial charge on any atom is -0.481 e. The number of aromatic nitrogens is 2. The summed E-state index contributed by atoms with van der Waals surface area (Å²) in [6.45, 7) is 2.08. The van der Waals surface area contributed by atoms with Crippen molar-refractivity contribution in [1.82, 2.24) is 9.78 Å². The molecule has 2 aromatic rings. The topological polar surface area (TPSA) is 96.3 Å². The first kappa shape index (κ1) is 17.5. The van der Waals surface area contributed by atoms with Gasteiger partial charge in [-0.3, -0.25) is 14.8 Å². The summed E-state index contributed by atoms with van der Waals surface area (Å²) in [4.78, 5) is 22.8. The molecule has 1 aromatic heterocycles. The third-order valence-electron chi connectivity index (χ3n) is 3.49. The van der Waals surface area contributed by atoms with Gasteiger partial charge in [-0.05, 0) is 30.5 Å². The molecule has 0 bridgehead atoms. The van der Waals surface area contributed by atoms with Gasteiger partial charge in [0.15, 0.2) is 0 Å². The summed E-state index contributed by atoms with van der Waals surface area (Å²) in [6, 6.07) is 8.65. The molecule has 7 nitrogen and oxygen atoms in total. The fourth-order valence-corrected chi connectivity index (χ4v) is 2.36. The van der Waals surface area contributed by atoms with Crippen molar-refractivity contribution in [3.8, 4) is 0 Å². The molecular formula is C17H22N4O3. The summed E-state index contributed by atoms with van der Waals surface area (Å²) >= 11 is 0. The van der Waals surface area contributed by atoms with Gasteiger partial charge in [0.2, 0.25) is 0 Å². The molecule has 0 aliphatic heterocycles. The van der Waals surface area contributed by atoms with E-state index < -0.39 is 5.97 Å². The number of hydrogen-bond donors (Lipinski definition) is 3. The highest BCUT2D eigenvalue weighted by molar-refractivity contribution is 5.99. The molecule has 24 heavy (non-hydrogen) atoms. The second kappa shape index (κ2) is 8.14. The molecule has 2 rings (SSSR count). The summed E-state index contributed by atoms with van der Waals surface area (Å²) in [6.07, 6.45) is 2.34. The van der Waals surface area contributed by atoms with Gasteiger partial charge >= 0.3 is 12.0 Å². The van der Waals surface area contributed by atoms with Crippen LogP contribution in [0.3, 0.4) is 0 Å². The maximum absolute atomic E-state index is 12.1. The Hall–Kier alpha value is -2.83. The van der Waals surface area contributed by atoms with E-state index in [1.165, 1.54) is 0 Å². The van der Waals surface area contributed by atoms with Crippen molar-refractivity contribution in [3.05, 3.63) is 41.6 Å². The van der Waals surface area contributed by atoms with E-state index in [1.807, 2.05) is 12.1 Å². The van der Waals surface area contributed by atoms with E-state index in [4.69, 9.17) is 5.11 Å². The Morgan fingerprint density at radius 3 is 2.71 bits per heavy atom. The molecular weight excluding hydrogens is 308 g/mol. The van der Waals surface area contributed by atoms with Crippen LogP contribution in [0.5, 0.6) is 0 Å². The summed E-state index contributed by atoms with van der Waals surface area (Å²) in [7, 11) is 1.78. The van der Waals surface area contributed by atoms with Crippen molar-refractivity contribution >= 4 is 23.5 Å². The van der Waals surface area contributed by atoms with E-state index in [-0.39, 0.29) is 12.5 Å². The second-order valence-electron chi connectivity index (χ2n) is 5.57. The highest BCUT2D eigenvalue weighted by atomic mass is 16.4. The number of carboxylic acids is 1. The Morgan fingerprint density at radius 2 is 2.00 bits per heavy atom. The molecule has 0 saturated carbocycles. The van der Waals surface area contributed by atoms with Gasteiger partial charge in [0.1, 0.15) is 5.82 Å². The summed E-state index contributed by atoms with van der Waals surface area (Å²) in [5, 5.41) is 18.6. The van der Waals surface area contributed by atoms with Crippen molar-refractivity contribution in [1.29, 1.82) is 0 Å². The summed E-state index contributed by atoms with van der Waals surface area (Å²) < 4.78 is 1.63. The number of anilines is 2. The molecule has 3 N–H and O–H groups in total. The predicted octanol–water partition coefficient (Wildman–Crippen LogP) is 3.03. The van der Waals surface area contributed by atoms with Crippen LogP contribution in [0, 0.1) is 0 Å². The van der Waals surface area contributed by atoms with Crippen LogP contribution in [0.2, 0.25) is 0 Å². The number of nitrogens with one attached hydrogen (secondary N) is 2. The molecule has 2 amide bonds. The number of nitrogens with zero attached hydrogens (tertiary/aromatic N) is 2. The fraction of sp³-hybridized carbons (Fsp3) is 0.353. The number of carbonyl (C=O) groups excluding carboxylic acids is 1. The summed E-state index contributed by atoms with van der Waals surface area (Å²) in [5.74, 6) is -0.219. The molecule has 128 valence electrons. The average molecular weight is 330 g/mol. The number of benzene rings is 1. The smallest absolute Gasteiger partial charge is 0.324 e. The first-order chi connectivity index (χ1) is 11.5. The molecule has 0 aliphatic rings. The Morgan fingerprint density at radius 1 is 1.21 bits per heavy atom. The number of aryl methyl sites for hydroxylation is 3. The van der Waals surface area contributed by atoms with Gasteiger partial charge in [-0.2, -0.15) is 5.10 Å². The van der Waals surface area contributed by atoms with Gasteiger partial charge in [0, 0.05) is 25.2 Å². The van der Waals surface area contributed by atoms with Crippen LogP contribution in [0.15, 0.2) is 30.3 Å². The molecule has 0 saturated heterocycles. The first-order valence-corrected chi connectivity index (χ1v) is 7.89. The number of carboxylic acid groups (broad SMARTS) is 1. The zero-order valence-electron chi connectivity index (χ0n) is 13.9. The Bertz CT molecular complexity index is 724. The second-order valence-corrected chi connectivity index (χ2v) is 5.57. The van der Waals surface area contributed by atoms with Gasteiger partial charge < -0.3 is 10.4 Å². The molecule has 0 radical (unpaired) electrons. The van der Waals surface area contributed by atoms with Gasteiger partial charge in [0.25, 0.3) is 0 Å². The Kier molecular flexibility index (Phi) is 5.95. The standard InChI is InChI=1S/C17H22N4O3/c1-3-5-14-11-15(21(2)20-14)19-17(24)18-13-7-4-6-12(10-13)8-9-16(22)23/h4,6-7,10-11H,3,5,8-9H2,1-2H3,(H,22,23)(H2,18,19,24). The third-order valence-corrected chi connectivity index (χ3v) is 3.49. The lowest BCUT2D eigenvalue weighted by molar-refractivity contribution is -0.136. The SMILES string of the molecule is CCCc1cc(NC(=O)Nc2cccc(CCC(=O)O)c2)n(C)n1. The first-order valence-electron chi connectivity index (χ1n) is 7.89. The molecule has 0 fully saturated rings. The molecule has 1 aromatic carbocycles. The predicted molar refractivity (Wildman–Crippen MR) is 92.2 cm³/mol. The monoisotopic (exact) mass is 330 g/mol. The number of amides is 2. The lowest BCUT2D eigenvalue weighted by atomic mass is 10.1.